The lowest BCUT2D eigenvalue weighted by molar-refractivity contribution is -0.144. The average molecular weight is 212 g/mol. The van der Waals surface area contributed by atoms with Gasteiger partial charge in [-0.3, -0.25) is 9.59 Å². The Morgan fingerprint density at radius 1 is 1.53 bits per heavy atom. The minimum atomic E-state index is -0.361. The molecule has 1 saturated heterocycles. The van der Waals surface area contributed by atoms with Crippen molar-refractivity contribution in [3.8, 4) is 0 Å². The van der Waals surface area contributed by atoms with Crippen molar-refractivity contribution in [3.63, 3.8) is 0 Å². The van der Waals surface area contributed by atoms with E-state index >= 15 is 0 Å². The third kappa shape index (κ3) is 3.22. The van der Waals surface area contributed by atoms with Crippen molar-refractivity contribution in [1.29, 1.82) is 0 Å². The number of hydrogen-bond donors (Lipinski definition) is 1. The molecule has 0 aromatic rings. The Hall–Kier alpha value is -1.06. The molecule has 15 heavy (non-hydrogen) atoms. The molecule has 0 spiro atoms. The summed E-state index contributed by atoms with van der Waals surface area (Å²) in [6, 6.07) is -0.361. The van der Waals surface area contributed by atoms with Crippen LogP contribution < -0.4 is 5.32 Å². The van der Waals surface area contributed by atoms with E-state index in [1.807, 2.05) is 0 Å². The maximum Gasteiger partial charge on any atom is 0.245 e. The van der Waals surface area contributed by atoms with Crippen LogP contribution in [0.3, 0.4) is 0 Å². The number of carbonyl (C=O) groups is 2. The number of piperazine rings is 1. The lowest BCUT2D eigenvalue weighted by Gasteiger charge is -2.32. The summed E-state index contributed by atoms with van der Waals surface area (Å²) in [6.45, 7) is 6.90. The predicted octanol–water partition coefficient (Wildman–Crippen LogP) is 0.769. The molecular weight excluding hydrogens is 192 g/mol. The standard InChI is InChI=1S/C11H20N2O2/c1-4-5-8(2)6-13-7-10(14)12-9(3)11(13)15/h8-9H,4-7H2,1-3H3,(H,12,14). The van der Waals surface area contributed by atoms with Crippen LogP contribution in [0.2, 0.25) is 0 Å². The van der Waals surface area contributed by atoms with Crippen LogP contribution in [0, 0.1) is 5.92 Å². The zero-order chi connectivity index (χ0) is 11.4. The molecule has 4 heteroatoms. The van der Waals surface area contributed by atoms with Crippen molar-refractivity contribution < 1.29 is 9.59 Å². The summed E-state index contributed by atoms with van der Waals surface area (Å²) in [4.78, 5) is 24.7. The highest BCUT2D eigenvalue weighted by Gasteiger charge is 2.29. The number of amides is 2. The van der Waals surface area contributed by atoms with Crippen LogP contribution in [0.25, 0.3) is 0 Å². The highest BCUT2D eigenvalue weighted by Crippen LogP contribution is 2.10. The van der Waals surface area contributed by atoms with Gasteiger partial charge in [0.2, 0.25) is 11.8 Å². The largest absolute Gasteiger partial charge is 0.343 e. The second kappa shape index (κ2) is 5.14. The quantitative estimate of drug-likeness (QED) is 0.748. The van der Waals surface area contributed by atoms with Crippen molar-refractivity contribution >= 4 is 11.8 Å². The van der Waals surface area contributed by atoms with E-state index in [4.69, 9.17) is 0 Å². The first-order valence-electron chi connectivity index (χ1n) is 5.62. The third-order valence-electron chi connectivity index (χ3n) is 2.71. The SMILES string of the molecule is CCCC(C)CN1CC(=O)NC(C)C1=O. The van der Waals surface area contributed by atoms with Crippen molar-refractivity contribution in [2.75, 3.05) is 13.1 Å². The molecule has 2 amide bonds. The first kappa shape index (κ1) is 12.0. The van der Waals surface area contributed by atoms with Crippen LogP contribution in [0.1, 0.15) is 33.6 Å². The molecule has 1 aliphatic heterocycles. The van der Waals surface area contributed by atoms with Gasteiger partial charge in [0, 0.05) is 6.54 Å². The van der Waals surface area contributed by atoms with Crippen molar-refractivity contribution in [2.45, 2.75) is 39.7 Å². The fourth-order valence-electron chi connectivity index (χ4n) is 1.99. The van der Waals surface area contributed by atoms with Crippen molar-refractivity contribution in [2.24, 2.45) is 5.92 Å². The molecule has 1 aliphatic rings. The van der Waals surface area contributed by atoms with Gasteiger partial charge in [0.05, 0.1) is 6.54 Å². The van der Waals surface area contributed by atoms with Crippen LogP contribution in [0.15, 0.2) is 0 Å². The van der Waals surface area contributed by atoms with Crippen molar-refractivity contribution in [3.05, 3.63) is 0 Å². The van der Waals surface area contributed by atoms with Gasteiger partial charge >= 0.3 is 0 Å². The summed E-state index contributed by atoms with van der Waals surface area (Å²) in [5.41, 5.74) is 0. The Morgan fingerprint density at radius 3 is 2.80 bits per heavy atom. The van der Waals surface area contributed by atoms with Gasteiger partial charge in [-0.1, -0.05) is 20.3 Å². The van der Waals surface area contributed by atoms with E-state index in [9.17, 15) is 9.59 Å². The zero-order valence-electron chi connectivity index (χ0n) is 9.75. The predicted molar refractivity (Wildman–Crippen MR) is 58.3 cm³/mol. The maximum absolute atomic E-state index is 11.7. The zero-order valence-corrected chi connectivity index (χ0v) is 9.75. The first-order valence-corrected chi connectivity index (χ1v) is 5.62. The number of carbonyl (C=O) groups excluding carboxylic acids is 2. The molecule has 0 aliphatic carbocycles. The molecule has 0 aromatic carbocycles. The number of hydrogen-bond acceptors (Lipinski definition) is 2. The Balaban J connectivity index is 2.52. The number of nitrogens with one attached hydrogen (secondary N) is 1. The molecule has 4 nitrogen and oxygen atoms in total. The van der Waals surface area contributed by atoms with E-state index in [1.54, 1.807) is 11.8 Å². The maximum atomic E-state index is 11.7. The number of nitrogens with zero attached hydrogens (tertiary/aromatic N) is 1. The van der Waals surface area contributed by atoms with Crippen LogP contribution in [-0.2, 0) is 9.59 Å². The van der Waals surface area contributed by atoms with Gasteiger partial charge in [-0.25, -0.2) is 0 Å². The lowest BCUT2D eigenvalue weighted by Crippen LogP contribution is -2.57. The van der Waals surface area contributed by atoms with Gasteiger partial charge in [0.25, 0.3) is 0 Å². The summed E-state index contributed by atoms with van der Waals surface area (Å²) < 4.78 is 0. The molecule has 1 rings (SSSR count). The van der Waals surface area contributed by atoms with Crippen LogP contribution in [-0.4, -0.2) is 35.8 Å². The Bertz CT molecular complexity index is 253. The normalized spacial score (nSPS) is 23.9. The monoisotopic (exact) mass is 212 g/mol. The molecule has 0 radical (unpaired) electrons. The fourth-order valence-corrected chi connectivity index (χ4v) is 1.99. The van der Waals surface area contributed by atoms with E-state index in [1.165, 1.54) is 0 Å². The van der Waals surface area contributed by atoms with E-state index in [0.29, 0.717) is 12.5 Å². The van der Waals surface area contributed by atoms with Crippen LogP contribution >= 0.6 is 0 Å². The molecule has 1 fully saturated rings. The van der Waals surface area contributed by atoms with Crippen LogP contribution in [0.5, 0.6) is 0 Å². The third-order valence-corrected chi connectivity index (χ3v) is 2.71. The minimum absolute atomic E-state index is 0.0394. The van der Waals surface area contributed by atoms with Gasteiger partial charge in [-0.2, -0.15) is 0 Å². The Labute approximate surface area is 91.0 Å². The molecule has 1 N–H and O–H groups in total. The fraction of sp³-hybridized carbons (Fsp3) is 0.818. The Kier molecular flexibility index (Phi) is 4.12. The van der Waals surface area contributed by atoms with Crippen molar-refractivity contribution in [1.82, 2.24) is 10.2 Å². The van der Waals surface area contributed by atoms with Gasteiger partial charge in [-0.05, 0) is 19.3 Å². The minimum Gasteiger partial charge on any atom is -0.343 e. The van der Waals surface area contributed by atoms with Gasteiger partial charge < -0.3 is 10.2 Å². The highest BCUT2D eigenvalue weighted by atomic mass is 16.2. The second-order valence-electron chi connectivity index (χ2n) is 4.40. The summed E-state index contributed by atoms with van der Waals surface area (Å²) in [7, 11) is 0. The van der Waals surface area contributed by atoms with Crippen LogP contribution in [0.4, 0.5) is 0 Å². The second-order valence-corrected chi connectivity index (χ2v) is 4.40. The molecule has 0 bridgehead atoms. The average Bonchev–Trinajstić information content (AvgIpc) is 2.13. The van der Waals surface area contributed by atoms with E-state index < -0.39 is 0 Å². The molecule has 0 aromatic heterocycles. The van der Waals surface area contributed by atoms with E-state index in [2.05, 4.69) is 19.2 Å². The first-order chi connectivity index (χ1) is 7.04. The summed E-state index contributed by atoms with van der Waals surface area (Å²) in [5.74, 6) is 0.459. The summed E-state index contributed by atoms with van der Waals surface area (Å²) in [5, 5.41) is 2.63. The van der Waals surface area contributed by atoms with Gasteiger partial charge in [-0.15, -0.1) is 0 Å². The molecular formula is C11H20N2O2. The molecule has 2 atom stereocenters. The van der Waals surface area contributed by atoms with E-state index in [0.717, 1.165) is 12.8 Å². The van der Waals surface area contributed by atoms with Gasteiger partial charge in [0.15, 0.2) is 0 Å². The topological polar surface area (TPSA) is 49.4 Å². The molecule has 86 valence electrons. The highest BCUT2D eigenvalue weighted by molar-refractivity contribution is 5.94. The summed E-state index contributed by atoms with van der Waals surface area (Å²) >= 11 is 0. The molecule has 1 heterocycles. The van der Waals surface area contributed by atoms with Gasteiger partial charge in [0.1, 0.15) is 6.04 Å². The summed E-state index contributed by atoms with van der Waals surface area (Å²) in [6.07, 6.45) is 2.21. The molecule has 0 saturated carbocycles. The van der Waals surface area contributed by atoms with E-state index in [-0.39, 0.29) is 24.4 Å². The Morgan fingerprint density at radius 2 is 2.20 bits per heavy atom. The lowest BCUT2D eigenvalue weighted by atomic mass is 10.0. The molecule has 2 unspecified atom stereocenters. The smallest absolute Gasteiger partial charge is 0.245 e. The number of rotatable bonds is 4.